The predicted molar refractivity (Wildman–Crippen MR) is 67.6 cm³/mol. The van der Waals surface area contributed by atoms with Crippen molar-refractivity contribution in [2.24, 2.45) is 5.92 Å². The molecule has 0 aromatic carbocycles. The van der Waals surface area contributed by atoms with Crippen LogP contribution >= 0.6 is 11.3 Å². The number of nitrogens with zero attached hydrogens (tertiary/aromatic N) is 2. The van der Waals surface area contributed by atoms with Gasteiger partial charge in [0.05, 0.1) is 21.8 Å². The van der Waals surface area contributed by atoms with E-state index in [1.165, 1.54) is 0 Å². The molecule has 0 spiro atoms. The summed E-state index contributed by atoms with van der Waals surface area (Å²) in [7, 11) is 0. The van der Waals surface area contributed by atoms with Crippen LogP contribution in [0, 0.1) is 5.92 Å². The summed E-state index contributed by atoms with van der Waals surface area (Å²) in [6.07, 6.45) is 2.52. The van der Waals surface area contributed by atoms with Crippen molar-refractivity contribution in [1.82, 2.24) is 4.98 Å². The third-order valence-electron chi connectivity index (χ3n) is 3.20. The molecule has 0 radical (unpaired) electrons. The molecular weight excluding hydrogens is 236 g/mol. The fourth-order valence-corrected chi connectivity index (χ4v) is 3.18. The second-order valence-corrected chi connectivity index (χ2v) is 5.15. The first kappa shape index (κ1) is 10.5. The van der Waals surface area contributed by atoms with Crippen LogP contribution in [0.25, 0.3) is 10.2 Å². The van der Waals surface area contributed by atoms with Gasteiger partial charge in [-0.2, -0.15) is 0 Å². The summed E-state index contributed by atoms with van der Waals surface area (Å²) < 4.78 is 1.15. The Kier molecular flexibility index (Phi) is 2.48. The molecule has 0 saturated carbocycles. The summed E-state index contributed by atoms with van der Waals surface area (Å²) in [5, 5.41) is 11.0. The molecule has 3 heterocycles. The van der Waals surface area contributed by atoms with Gasteiger partial charge in [0.25, 0.3) is 0 Å². The maximum absolute atomic E-state index is 11.0. The maximum Gasteiger partial charge on any atom is 0.308 e. The number of fused-ring (bicyclic) bond motifs is 1. The van der Waals surface area contributed by atoms with Gasteiger partial charge in [-0.15, -0.1) is 11.3 Å². The topological polar surface area (TPSA) is 53.4 Å². The minimum Gasteiger partial charge on any atom is -0.481 e. The van der Waals surface area contributed by atoms with Gasteiger partial charge in [-0.25, -0.2) is 0 Å². The summed E-state index contributed by atoms with van der Waals surface area (Å²) in [6, 6.07) is 3.97. The van der Waals surface area contributed by atoms with Crippen molar-refractivity contribution in [2.45, 2.75) is 6.42 Å². The van der Waals surface area contributed by atoms with Gasteiger partial charge in [-0.3, -0.25) is 9.78 Å². The molecule has 17 heavy (non-hydrogen) atoms. The Hall–Kier alpha value is -1.62. The van der Waals surface area contributed by atoms with E-state index in [9.17, 15) is 4.79 Å². The van der Waals surface area contributed by atoms with Crippen molar-refractivity contribution in [3.05, 3.63) is 23.7 Å². The highest BCUT2D eigenvalue weighted by Crippen LogP contribution is 2.33. The van der Waals surface area contributed by atoms with Crippen LogP contribution in [0.4, 0.5) is 5.69 Å². The Balaban J connectivity index is 1.95. The van der Waals surface area contributed by atoms with Crippen LogP contribution in [0.5, 0.6) is 0 Å². The van der Waals surface area contributed by atoms with Crippen LogP contribution in [0.15, 0.2) is 23.7 Å². The number of thiophene rings is 1. The first-order valence-electron chi connectivity index (χ1n) is 5.55. The Morgan fingerprint density at radius 3 is 3.18 bits per heavy atom. The summed E-state index contributed by atoms with van der Waals surface area (Å²) in [4.78, 5) is 17.4. The second kappa shape index (κ2) is 4.00. The van der Waals surface area contributed by atoms with Crippen LogP contribution in [0.2, 0.25) is 0 Å². The quantitative estimate of drug-likeness (QED) is 0.885. The average Bonchev–Trinajstić information content (AvgIpc) is 2.97. The second-order valence-electron chi connectivity index (χ2n) is 4.23. The molecule has 1 atom stereocenters. The lowest BCUT2D eigenvalue weighted by molar-refractivity contribution is -0.140. The van der Waals surface area contributed by atoms with E-state index < -0.39 is 5.97 Å². The van der Waals surface area contributed by atoms with Crippen molar-refractivity contribution in [1.29, 1.82) is 0 Å². The summed E-state index contributed by atoms with van der Waals surface area (Å²) in [5.74, 6) is -0.929. The fourth-order valence-electron chi connectivity index (χ4n) is 2.29. The Labute approximate surface area is 103 Å². The summed E-state index contributed by atoms with van der Waals surface area (Å²) >= 11 is 1.66. The lowest BCUT2D eigenvalue weighted by atomic mass is 10.1. The number of anilines is 1. The first-order valence-corrected chi connectivity index (χ1v) is 6.43. The molecule has 1 N–H and O–H groups in total. The van der Waals surface area contributed by atoms with E-state index in [4.69, 9.17) is 5.11 Å². The van der Waals surface area contributed by atoms with Crippen molar-refractivity contribution in [2.75, 3.05) is 18.0 Å². The zero-order chi connectivity index (χ0) is 11.8. The van der Waals surface area contributed by atoms with E-state index in [2.05, 4.69) is 9.88 Å². The van der Waals surface area contributed by atoms with Gasteiger partial charge >= 0.3 is 5.97 Å². The smallest absolute Gasteiger partial charge is 0.308 e. The molecule has 1 aliphatic heterocycles. The molecule has 1 unspecified atom stereocenters. The molecule has 5 heteroatoms. The van der Waals surface area contributed by atoms with Crippen LogP contribution in [0.1, 0.15) is 6.42 Å². The zero-order valence-electron chi connectivity index (χ0n) is 9.17. The highest BCUT2D eigenvalue weighted by Gasteiger charge is 2.28. The number of aliphatic carboxylic acids is 1. The maximum atomic E-state index is 11.0. The molecule has 0 amide bonds. The normalized spacial score (nSPS) is 20.0. The van der Waals surface area contributed by atoms with Crippen LogP contribution in [0.3, 0.4) is 0 Å². The van der Waals surface area contributed by atoms with Gasteiger partial charge in [0.2, 0.25) is 0 Å². The molecule has 0 aliphatic carbocycles. The largest absolute Gasteiger partial charge is 0.481 e. The summed E-state index contributed by atoms with van der Waals surface area (Å²) in [6.45, 7) is 1.42. The molecule has 1 aliphatic rings. The van der Waals surface area contributed by atoms with E-state index >= 15 is 0 Å². The lowest BCUT2D eigenvalue weighted by Gasteiger charge is -2.18. The first-order chi connectivity index (χ1) is 8.25. The fraction of sp³-hybridized carbons (Fsp3) is 0.333. The molecule has 2 aromatic rings. The highest BCUT2D eigenvalue weighted by molar-refractivity contribution is 7.17. The number of rotatable bonds is 2. The molecular formula is C12H12N2O2S. The minimum atomic E-state index is -0.691. The van der Waals surface area contributed by atoms with E-state index in [0.717, 1.165) is 28.9 Å². The van der Waals surface area contributed by atoms with Gasteiger partial charge in [0, 0.05) is 19.3 Å². The molecule has 2 aromatic heterocycles. The van der Waals surface area contributed by atoms with E-state index in [-0.39, 0.29) is 5.92 Å². The van der Waals surface area contributed by atoms with Gasteiger partial charge in [0.1, 0.15) is 0 Å². The number of aromatic nitrogens is 1. The SMILES string of the molecule is O=C(O)C1CCN(c2ccnc3ccsc23)C1. The van der Waals surface area contributed by atoms with Gasteiger partial charge in [-0.1, -0.05) is 0 Å². The van der Waals surface area contributed by atoms with Crippen LogP contribution in [-0.4, -0.2) is 29.1 Å². The zero-order valence-corrected chi connectivity index (χ0v) is 9.98. The van der Waals surface area contributed by atoms with Gasteiger partial charge in [-0.05, 0) is 23.9 Å². The number of carboxylic acid groups (broad SMARTS) is 1. The van der Waals surface area contributed by atoms with Crippen molar-refractivity contribution < 1.29 is 9.90 Å². The minimum absolute atomic E-state index is 0.238. The molecule has 0 bridgehead atoms. The molecule has 1 saturated heterocycles. The number of carboxylic acids is 1. The van der Waals surface area contributed by atoms with Crippen molar-refractivity contribution in [3.63, 3.8) is 0 Å². The van der Waals surface area contributed by atoms with Crippen LogP contribution < -0.4 is 4.90 Å². The number of hydrogen-bond donors (Lipinski definition) is 1. The standard InChI is InChI=1S/C12H12N2O2S/c15-12(16)8-2-5-14(7-8)10-1-4-13-9-3-6-17-11(9)10/h1,3-4,6,8H,2,5,7H2,(H,15,16). The average molecular weight is 248 g/mol. The summed E-state index contributed by atoms with van der Waals surface area (Å²) in [5.41, 5.74) is 2.11. The third kappa shape index (κ3) is 1.76. The Morgan fingerprint density at radius 1 is 1.53 bits per heavy atom. The lowest BCUT2D eigenvalue weighted by Crippen LogP contribution is -2.22. The van der Waals surface area contributed by atoms with Crippen molar-refractivity contribution in [3.8, 4) is 0 Å². The number of hydrogen-bond acceptors (Lipinski definition) is 4. The monoisotopic (exact) mass is 248 g/mol. The van der Waals surface area contributed by atoms with E-state index in [1.807, 2.05) is 17.5 Å². The highest BCUT2D eigenvalue weighted by atomic mass is 32.1. The van der Waals surface area contributed by atoms with Crippen molar-refractivity contribution >= 4 is 33.2 Å². The third-order valence-corrected chi connectivity index (χ3v) is 4.13. The van der Waals surface area contributed by atoms with E-state index in [1.54, 1.807) is 17.5 Å². The number of carbonyl (C=O) groups is 1. The number of pyridine rings is 1. The van der Waals surface area contributed by atoms with Gasteiger partial charge < -0.3 is 10.0 Å². The van der Waals surface area contributed by atoms with Gasteiger partial charge in [0.15, 0.2) is 0 Å². The molecule has 3 rings (SSSR count). The molecule has 4 nitrogen and oxygen atoms in total. The molecule has 88 valence electrons. The Morgan fingerprint density at radius 2 is 2.41 bits per heavy atom. The van der Waals surface area contributed by atoms with E-state index in [0.29, 0.717) is 6.54 Å². The predicted octanol–water partition coefficient (Wildman–Crippen LogP) is 2.21. The molecule has 1 fully saturated rings. The van der Waals surface area contributed by atoms with Crippen LogP contribution in [-0.2, 0) is 4.79 Å². The Bertz CT molecular complexity index is 566.